The van der Waals surface area contributed by atoms with Crippen molar-refractivity contribution in [3.05, 3.63) is 34.3 Å². The third-order valence-electron chi connectivity index (χ3n) is 3.66. The van der Waals surface area contributed by atoms with Gasteiger partial charge >= 0.3 is 0 Å². The van der Waals surface area contributed by atoms with Crippen LogP contribution in [0.1, 0.15) is 50.8 Å². The van der Waals surface area contributed by atoms with Gasteiger partial charge in [0, 0.05) is 17.6 Å². The van der Waals surface area contributed by atoms with E-state index in [1.807, 2.05) is 6.07 Å². The summed E-state index contributed by atoms with van der Waals surface area (Å²) in [7, 11) is -0.782. The Bertz CT molecular complexity index is 480. The molecule has 1 atom stereocenters. The fourth-order valence-electron chi connectivity index (χ4n) is 2.40. The van der Waals surface area contributed by atoms with Gasteiger partial charge in [0.1, 0.15) is 0 Å². The van der Waals surface area contributed by atoms with Crippen molar-refractivity contribution in [2.75, 3.05) is 0 Å². The maximum absolute atomic E-state index is 6.47. The molecule has 2 nitrogen and oxygen atoms in total. The zero-order valence-electron chi connectivity index (χ0n) is 13.8. The molecule has 1 fully saturated rings. The predicted molar refractivity (Wildman–Crippen MR) is 92.1 cm³/mol. The standard InChI is InChI=1S/C17H27ClNOSi/c1-17(2,3)16(20-21(4)5)14-10-12(6-9-15(14)18)11-19-13-7-8-13/h6,9-10,13,16,19H,7-8,11H2,1-5H3. The van der Waals surface area contributed by atoms with Crippen LogP contribution in [-0.2, 0) is 11.0 Å². The topological polar surface area (TPSA) is 21.3 Å². The second kappa shape index (κ2) is 6.82. The summed E-state index contributed by atoms with van der Waals surface area (Å²) in [5, 5.41) is 4.37. The van der Waals surface area contributed by atoms with Gasteiger partial charge in [-0.3, -0.25) is 0 Å². The monoisotopic (exact) mass is 324 g/mol. The van der Waals surface area contributed by atoms with Crippen LogP contribution in [0.25, 0.3) is 0 Å². The average molecular weight is 325 g/mol. The number of halogens is 1. The maximum Gasteiger partial charge on any atom is 0.205 e. The largest absolute Gasteiger partial charge is 0.410 e. The lowest BCUT2D eigenvalue weighted by Gasteiger charge is -2.33. The molecule has 0 heterocycles. The van der Waals surface area contributed by atoms with E-state index in [9.17, 15) is 0 Å². The minimum absolute atomic E-state index is 0.0358. The Kier molecular flexibility index (Phi) is 5.52. The summed E-state index contributed by atoms with van der Waals surface area (Å²) in [6.45, 7) is 11.9. The van der Waals surface area contributed by atoms with Crippen molar-refractivity contribution in [3.8, 4) is 0 Å². The van der Waals surface area contributed by atoms with E-state index in [1.54, 1.807) is 0 Å². The predicted octanol–water partition coefficient (Wildman–Crippen LogP) is 4.95. The van der Waals surface area contributed by atoms with E-state index < -0.39 is 9.04 Å². The third-order valence-corrected chi connectivity index (χ3v) is 4.71. The zero-order valence-corrected chi connectivity index (χ0v) is 15.6. The molecule has 0 aromatic heterocycles. The van der Waals surface area contributed by atoms with E-state index >= 15 is 0 Å². The molecule has 117 valence electrons. The van der Waals surface area contributed by atoms with Crippen LogP contribution in [0.4, 0.5) is 0 Å². The Morgan fingerprint density at radius 1 is 1.33 bits per heavy atom. The normalized spacial score (nSPS) is 17.3. The highest BCUT2D eigenvalue weighted by Gasteiger charge is 2.30. The van der Waals surface area contributed by atoms with Gasteiger partial charge in [0.2, 0.25) is 9.04 Å². The minimum atomic E-state index is -0.782. The Hall–Kier alpha value is -0.353. The Labute approximate surface area is 136 Å². The Morgan fingerprint density at radius 3 is 2.52 bits per heavy atom. The van der Waals surface area contributed by atoms with E-state index in [0.717, 1.165) is 23.2 Å². The summed E-state index contributed by atoms with van der Waals surface area (Å²) in [6.07, 6.45) is 2.67. The van der Waals surface area contributed by atoms with Crippen LogP contribution in [0.5, 0.6) is 0 Å². The lowest BCUT2D eigenvalue weighted by atomic mass is 9.84. The quantitative estimate of drug-likeness (QED) is 0.748. The molecular weight excluding hydrogens is 298 g/mol. The van der Waals surface area contributed by atoms with Crippen molar-refractivity contribution in [3.63, 3.8) is 0 Å². The highest BCUT2D eigenvalue weighted by atomic mass is 35.5. The Balaban J connectivity index is 2.22. The van der Waals surface area contributed by atoms with Crippen LogP contribution >= 0.6 is 11.6 Å². The molecule has 21 heavy (non-hydrogen) atoms. The molecule has 1 aliphatic rings. The van der Waals surface area contributed by atoms with Crippen molar-refractivity contribution in [1.82, 2.24) is 5.32 Å². The first kappa shape index (κ1) is 17.0. The first-order valence-electron chi connectivity index (χ1n) is 7.76. The average Bonchev–Trinajstić information content (AvgIpc) is 3.18. The SMILES string of the molecule is C[Si](C)OC(c1cc(CNC2CC2)ccc1Cl)C(C)(C)C. The molecule has 1 N–H and O–H groups in total. The smallest absolute Gasteiger partial charge is 0.205 e. The molecule has 0 aliphatic heterocycles. The summed E-state index contributed by atoms with van der Waals surface area (Å²) >= 11 is 6.47. The number of benzene rings is 1. The zero-order chi connectivity index (χ0) is 15.6. The molecule has 1 unspecified atom stereocenters. The van der Waals surface area contributed by atoms with Gasteiger partial charge in [-0.05, 0) is 48.5 Å². The molecule has 0 saturated heterocycles. The molecule has 1 aliphatic carbocycles. The van der Waals surface area contributed by atoms with E-state index in [1.165, 1.54) is 18.4 Å². The summed E-state index contributed by atoms with van der Waals surface area (Å²) in [4.78, 5) is 0. The van der Waals surface area contributed by atoms with Crippen molar-refractivity contribution in [2.45, 2.75) is 65.4 Å². The third kappa shape index (κ3) is 5.10. The van der Waals surface area contributed by atoms with Gasteiger partial charge in [0.15, 0.2) is 0 Å². The van der Waals surface area contributed by atoms with Crippen LogP contribution in [0.3, 0.4) is 0 Å². The van der Waals surface area contributed by atoms with E-state index in [4.69, 9.17) is 16.0 Å². The van der Waals surface area contributed by atoms with Gasteiger partial charge in [0.05, 0.1) is 6.10 Å². The molecule has 0 spiro atoms. The van der Waals surface area contributed by atoms with Crippen LogP contribution in [0.15, 0.2) is 18.2 Å². The Morgan fingerprint density at radius 2 is 2.00 bits per heavy atom. The first-order valence-corrected chi connectivity index (χ1v) is 10.5. The molecule has 1 aromatic rings. The molecule has 1 radical (unpaired) electrons. The van der Waals surface area contributed by atoms with Gasteiger partial charge in [-0.1, -0.05) is 44.5 Å². The number of rotatable bonds is 6. The minimum Gasteiger partial charge on any atom is -0.410 e. The first-order chi connectivity index (χ1) is 9.77. The summed E-state index contributed by atoms with van der Waals surface area (Å²) in [5.41, 5.74) is 2.46. The van der Waals surface area contributed by atoms with E-state index in [-0.39, 0.29) is 11.5 Å². The molecule has 0 bridgehead atoms. The molecule has 0 amide bonds. The van der Waals surface area contributed by atoms with Gasteiger partial charge in [0.25, 0.3) is 0 Å². The van der Waals surface area contributed by atoms with Gasteiger partial charge in [-0.25, -0.2) is 0 Å². The van der Waals surface area contributed by atoms with Crippen molar-refractivity contribution in [2.24, 2.45) is 5.41 Å². The molecule has 1 aromatic carbocycles. The second-order valence-electron chi connectivity index (χ2n) is 7.28. The number of hydrogen-bond acceptors (Lipinski definition) is 2. The van der Waals surface area contributed by atoms with Crippen molar-refractivity contribution < 1.29 is 4.43 Å². The summed E-state index contributed by atoms with van der Waals surface area (Å²) < 4.78 is 6.27. The lowest BCUT2D eigenvalue weighted by molar-refractivity contribution is 0.0866. The highest BCUT2D eigenvalue weighted by molar-refractivity contribution is 6.48. The summed E-state index contributed by atoms with van der Waals surface area (Å²) in [5.74, 6) is 0. The maximum atomic E-state index is 6.47. The highest BCUT2D eigenvalue weighted by Crippen LogP contribution is 2.40. The molecular formula is C17H27ClNOSi. The van der Waals surface area contributed by atoms with E-state index in [0.29, 0.717) is 0 Å². The van der Waals surface area contributed by atoms with Crippen molar-refractivity contribution >= 4 is 20.6 Å². The molecule has 1 saturated carbocycles. The number of nitrogens with one attached hydrogen (secondary N) is 1. The number of hydrogen-bond donors (Lipinski definition) is 1. The fraction of sp³-hybridized carbons (Fsp3) is 0.647. The van der Waals surface area contributed by atoms with Crippen LogP contribution in [0.2, 0.25) is 18.1 Å². The fourth-order valence-corrected chi connectivity index (χ4v) is 3.56. The van der Waals surface area contributed by atoms with Crippen LogP contribution in [0, 0.1) is 5.41 Å². The van der Waals surface area contributed by atoms with Crippen LogP contribution in [-0.4, -0.2) is 15.1 Å². The molecule has 2 rings (SSSR count). The second-order valence-corrected chi connectivity index (χ2v) is 9.74. The summed E-state index contributed by atoms with van der Waals surface area (Å²) in [6, 6.07) is 7.07. The van der Waals surface area contributed by atoms with Gasteiger partial charge in [-0.2, -0.15) is 0 Å². The van der Waals surface area contributed by atoms with E-state index in [2.05, 4.69) is 51.3 Å². The van der Waals surface area contributed by atoms with Gasteiger partial charge in [-0.15, -0.1) is 0 Å². The van der Waals surface area contributed by atoms with Crippen LogP contribution < -0.4 is 5.32 Å². The van der Waals surface area contributed by atoms with Gasteiger partial charge < -0.3 is 9.74 Å². The molecule has 4 heteroatoms. The lowest BCUT2D eigenvalue weighted by Crippen LogP contribution is -2.26. The van der Waals surface area contributed by atoms with Crippen molar-refractivity contribution in [1.29, 1.82) is 0 Å².